The second-order valence-corrected chi connectivity index (χ2v) is 12.0. The van der Waals surface area contributed by atoms with Crippen LogP contribution in [0.4, 0.5) is 5.69 Å². The predicted octanol–water partition coefficient (Wildman–Crippen LogP) is 5.60. The van der Waals surface area contributed by atoms with Gasteiger partial charge in [0.2, 0.25) is 10.0 Å². The highest BCUT2D eigenvalue weighted by atomic mass is 79.9. The maximum absolute atomic E-state index is 13.1. The van der Waals surface area contributed by atoms with Gasteiger partial charge in [-0.25, -0.2) is 8.42 Å². The van der Waals surface area contributed by atoms with E-state index in [1.807, 2.05) is 6.07 Å². The number of nitrogens with zero attached hydrogens (tertiary/aromatic N) is 1. The molecule has 182 valence electrons. The summed E-state index contributed by atoms with van der Waals surface area (Å²) in [7, 11) is -3.63. The predicted molar refractivity (Wildman–Crippen MR) is 140 cm³/mol. The molecule has 8 heteroatoms. The van der Waals surface area contributed by atoms with Gasteiger partial charge in [0.1, 0.15) is 0 Å². The molecule has 0 bridgehead atoms. The maximum atomic E-state index is 13.1. The molecule has 0 aromatic heterocycles. The molecule has 3 aromatic carbocycles. The lowest BCUT2D eigenvalue weighted by Gasteiger charge is -2.34. The number of piperidine rings is 1. The van der Waals surface area contributed by atoms with E-state index in [4.69, 9.17) is 0 Å². The first-order chi connectivity index (χ1) is 16.6. The Morgan fingerprint density at radius 1 is 0.886 bits per heavy atom. The number of rotatable bonds is 6. The van der Waals surface area contributed by atoms with Crippen LogP contribution in [0.25, 0.3) is 0 Å². The van der Waals surface area contributed by atoms with E-state index in [9.17, 15) is 18.0 Å². The van der Waals surface area contributed by atoms with Crippen molar-refractivity contribution < 1.29 is 18.0 Å². The standard InChI is InChI=1S/C27H27BrN2O4S/c1-18-14-19(2)17-30(16-18)35(33,34)23-11-8-21(9-12-23)27(32)29-25-13-10-22(28)15-24(25)26(31)20-6-4-3-5-7-20/h3-13,15,18-19H,14,16-17H2,1-2H3,(H,29,32). The lowest BCUT2D eigenvalue weighted by Crippen LogP contribution is -2.42. The van der Waals surface area contributed by atoms with Crippen molar-refractivity contribution in [1.82, 2.24) is 4.31 Å². The molecule has 6 nitrogen and oxygen atoms in total. The number of halogens is 1. The molecule has 4 rings (SSSR count). The second kappa shape index (κ2) is 10.4. The van der Waals surface area contributed by atoms with E-state index in [1.54, 1.807) is 42.5 Å². The SMILES string of the molecule is CC1CC(C)CN(S(=O)(=O)c2ccc(C(=O)Nc3ccc(Br)cc3C(=O)c3ccccc3)cc2)C1. The molecule has 3 aromatic rings. The Balaban J connectivity index is 1.54. The normalized spacial score (nSPS) is 18.7. The van der Waals surface area contributed by atoms with Gasteiger partial charge in [0.15, 0.2) is 5.78 Å². The third-order valence-corrected chi connectivity index (χ3v) is 8.44. The number of ketones is 1. The van der Waals surface area contributed by atoms with Gasteiger partial charge >= 0.3 is 0 Å². The molecular weight excluding hydrogens is 528 g/mol. The summed E-state index contributed by atoms with van der Waals surface area (Å²) in [5.41, 5.74) is 1.54. The smallest absolute Gasteiger partial charge is 0.255 e. The highest BCUT2D eigenvalue weighted by Crippen LogP contribution is 2.28. The van der Waals surface area contributed by atoms with Crippen LogP contribution in [-0.4, -0.2) is 37.5 Å². The molecule has 0 saturated carbocycles. The zero-order chi connectivity index (χ0) is 25.2. The quantitative estimate of drug-likeness (QED) is 0.402. The van der Waals surface area contributed by atoms with Gasteiger partial charge in [-0.3, -0.25) is 9.59 Å². The lowest BCUT2D eigenvalue weighted by molar-refractivity contribution is 0.102. The molecule has 2 unspecified atom stereocenters. The minimum absolute atomic E-state index is 0.166. The summed E-state index contributed by atoms with van der Waals surface area (Å²) in [5.74, 6) is -0.0400. The van der Waals surface area contributed by atoms with Crippen LogP contribution in [0.15, 0.2) is 82.2 Å². The van der Waals surface area contributed by atoms with Crippen molar-refractivity contribution in [2.75, 3.05) is 18.4 Å². The minimum atomic E-state index is -3.63. The Morgan fingerprint density at radius 2 is 1.51 bits per heavy atom. The van der Waals surface area contributed by atoms with Crippen LogP contribution in [0.5, 0.6) is 0 Å². The van der Waals surface area contributed by atoms with Gasteiger partial charge < -0.3 is 5.32 Å². The molecule has 0 spiro atoms. The van der Waals surface area contributed by atoms with E-state index in [0.717, 1.165) is 6.42 Å². The zero-order valence-electron chi connectivity index (χ0n) is 19.6. The fourth-order valence-electron chi connectivity index (χ4n) is 4.48. The number of carbonyl (C=O) groups excluding carboxylic acids is 2. The first kappa shape index (κ1) is 25.3. The summed E-state index contributed by atoms with van der Waals surface area (Å²) in [6.07, 6.45) is 1.01. The molecule has 0 aliphatic carbocycles. The number of amides is 1. The number of nitrogens with one attached hydrogen (secondary N) is 1. The third-order valence-electron chi connectivity index (χ3n) is 6.10. The Labute approximate surface area is 214 Å². The summed E-state index contributed by atoms with van der Waals surface area (Å²) >= 11 is 3.39. The number of anilines is 1. The molecular formula is C27H27BrN2O4S. The average molecular weight is 555 g/mol. The van der Waals surface area contributed by atoms with E-state index < -0.39 is 15.9 Å². The molecule has 0 radical (unpaired) electrons. The van der Waals surface area contributed by atoms with E-state index in [-0.39, 0.29) is 10.7 Å². The van der Waals surface area contributed by atoms with Crippen molar-refractivity contribution in [2.24, 2.45) is 11.8 Å². The van der Waals surface area contributed by atoms with Crippen molar-refractivity contribution in [2.45, 2.75) is 25.2 Å². The number of carbonyl (C=O) groups is 2. The number of hydrogen-bond donors (Lipinski definition) is 1. The Bertz CT molecular complexity index is 1330. The monoisotopic (exact) mass is 554 g/mol. The van der Waals surface area contributed by atoms with Crippen molar-refractivity contribution >= 4 is 43.3 Å². The van der Waals surface area contributed by atoms with Crippen LogP contribution in [0.1, 0.15) is 46.5 Å². The van der Waals surface area contributed by atoms with Gasteiger partial charge in [-0.05, 0) is 60.7 Å². The fraction of sp³-hybridized carbons (Fsp3) is 0.259. The summed E-state index contributed by atoms with van der Waals surface area (Å²) in [6.45, 7) is 5.11. The molecule has 1 amide bonds. The van der Waals surface area contributed by atoms with Gasteiger partial charge in [-0.2, -0.15) is 4.31 Å². The summed E-state index contributed by atoms with van der Waals surface area (Å²) in [5, 5.41) is 2.80. The first-order valence-electron chi connectivity index (χ1n) is 11.5. The summed E-state index contributed by atoms with van der Waals surface area (Å²) < 4.78 is 28.5. The van der Waals surface area contributed by atoms with Gasteiger partial charge in [0, 0.05) is 34.3 Å². The summed E-state index contributed by atoms with van der Waals surface area (Å²) in [6, 6.07) is 19.8. The molecule has 2 atom stereocenters. The molecule has 1 heterocycles. The van der Waals surface area contributed by atoms with E-state index in [0.29, 0.717) is 51.8 Å². The van der Waals surface area contributed by atoms with Gasteiger partial charge in [-0.15, -0.1) is 0 Å². The fourth-order valence-corrected chi connectivity index (χ4v) is 6.52. The largest absolute Gasteiger partial charge is 0.321 e. The molecule has 1 fully saturated rings. The van der Waals surface area contributed by atoms with Crippen molar-refractivity contribution in [3.63, 3.8) is 0 Å². The average Bonchev–Trinajstić information content (AvgIpc) is 2.84. The van der Waals surface area contributed by atoms with Gasteiger partial charge in [0.25, 0.3) is 5.91 Å². The number of sulfonamides is 1. The van der Waals surface area contributed by atoms with E-state index in [1.165, 1.54) is 28.6 Å². The molecule has 35 heavy (non-hydrogen) atoms. The van der Waals surface area contributed by atoms with Gasteiger partial charge in [-0.1, -0.05) is 60.1 Å². The van der Waals surface area contributed by atoms with E-state index >= 15 is 0 Å². The Morgan fingerprint density at radius 3 is 2.14 bits per heavy atom. The third kappa shape index (κ3) is 5.72. The maximum Gasteiger partial charge on any atom is 0.255 e. The number of benzene rings is 3. The molecule has 1 aliphatic rings. The van der Waals surface area contributed by atoms with Crippen LogP contribution in [0, 0.1) is 11.8 Å². The lowest BCUT2D eigenvalue weighted by atomic mass is 9.94. The van der Waals surface area contributed by atoms with Crippen LogP contribution >= 0.6 is 15.9 Å². The van der Waals surface area contributed by atoms with Crippen LogP contribution in [0.3, 0.4) is 0 Å². The summed E-state index contributed by atoms with van der Waals surface area (Å²) in [4.78, 5) is 26.2. The van der Waals surface area contributed by atoms with Crippen molar-refractivity contribution in [3.05, 3.63) is 94.0 Å². The molecule has 1 aliphatic heterocycles. The van der Waals surface area contributed by atoms with Crippen LogP contribution < -0.4 is 5.32 Å². The Kier molecular flexibility index (Phi) is 7.54. The first-order valence-corrected chi connectivity index (χ1v) is 13.7. The molecule has 1 N–H and O–H groups in total. The molecule has 1 saturated heterocycles. The topological polar surface area (TPSA) is 83.6 Å². The van der Waals surface area contributed by atoms with Crippen molar-refractivity contribution in [1.29, 1.82) is 0 Å². The van der Waals surface area contributed by atoms with E-state index in [2.05, 4.69) is 35.1 Å². The minimum Gasteiger partial charge on any atom is -0.321 e. The van der Waals surface area contributed by atoms with Gasteiger partial charge in [0.05, 0.1) is 10.6 Å². The highest BCUT2D eigenvalue weighted by Gasteiger charge is 2.31. The van der Waals surface area contributed by atoms with Crippen LogP contribution in [0.2, 0.25) is 0 Å². The second-order valence-electron chi connectivity index (χ2n) is 9.13. The number of hydrogen-bond acceptors (Lipinski definition) is 4. The van der Waals surface area contributed by atoms with Crippen LogP contribution in [-0.2, 0) is 10.0 Å². The Hall–Kier alpha value is -2.81. The van der Waals surface area contributed by atoms with Crippen molar-refractivity contribution in [3.8, 4) is 0 Å². The zero-order valence-corrected chi connectivity index (χ0v) is 22.0. The highest BCUT2D eigenvalue weighted by molar-refractivity contribution is 9.10.